The Labute approximate surface area is 125 Å². The van der Waals surface area contributed by atoms with Gasteiger partial charge in [0.15, 0.2) is 0 Å². The highest BCUT2D eigenvalue weighted by Gasteiger charge is 2.23. The molecule has 0 atom stereocenters. The van der Waals surface area contributed by atoms with Crippen LogP contribution in [0.2, 0.25) is 0 Å². The van der Waals surface area contributed by atoms with Crippen molar-refractivity contribution in [2.45, 2.75) is 38.7 Å². The summed E-state index contributed by atoms with van der Waals surface area (Å²) in [6.45, 7) is 6.19. The Balaban J connectivity index is 1.76. The van der Waals surface area contributed by atoms with Gasteiger partial charge in [-0.25, -0.2) is 0 Å². The first kappa shape index (κ1) is 14.3. The third kappa shape index (κ3) is 3.72. The lowest BCUT2D eigenvalue weighted by molar-refractivity contribution is -0.0831. The van der Waals surface area contributed by atoms with Crippen molar-refractivity contribution in [3.63, 3.8) is 0 Å². The summed E-state index contributed by atoms with van der Waals surface area (Å²) in [7, 11) is 0. The maximum atomic E-state index is 5.75. The van der Waals surface area contributed by atoms with Gasteiger partial charge in [-0.15, -0.1) is 0 Å². The summed E-state index contributed by atoms with van der Waals surface area (Å²) in [4.78, 5) is 15.6. The lowest BCUT2D eigenvalue weighted by Gasteiger charge is -2.28. The van der Waals surface area contributed by atoms with E-state index >= 15 is 0 Å². The van der Waals surface area contributed by atoms with E-state index in [9.17, 15) is 0 Å². The zero-order chi connectivity index (χ0) is 14.5. The summed E-state index contributed by atoms with van der Waals surface area (Å²) in [5.41, 5.74) is 0. The first-order valence-electron chi connectivity index (χ1n) is 7.84. The molecular formula is C14H23N5O2. The van der Waals surface area contributed by atoms with E-state index in [0.717, 1.165) is 32.0 Å². The minimum atomic E-state index is 0.0700. The molecular weight excluding hydrogens is 270 g/mol. The van der Waals surface area contributed by atoms with Gasteiger partial charge >= 0.3 is 6.01 Å². The average Bonchev–Trinajstić information content (AvgIpc) is 2.50. The van der Waals surface area contributed by atoms with Gasteiger partial charge in [0.1, 0.15) is 6.10 Å². The monoisotopic (exact) mass is 293 g/mol. The van der Waals surface area contributed by atoms with Gasteiger partial charge in [0.25, 0.3) is 0 Å². The summed E-state index contributed by atoms with van der Waals surface area (Å²) in [5.74, 6) is 1.32. The number of ether oxygens (including phenoxy) is 2. The first-order chi connectivity index (χ1) is 10.3. The highest BCUT2D eigenvalue weighted by Crippen LogP contribution is 2.20. The second-order valence-corrected chi connectivity index (χ2v) is 5.49. The smallest absolute Gasteiger partial charge is 0.323 e. The van der Waals surface area contributed by atoms with E-state index in [1.165, 1.54) is 19.3 Å². The van der Waals surface area contributed by atoms with Crippen molar-refractivity contribution in [1.29, 1.82) is 0 Å². The Morgan fingerprint density at radius 3 is 2.67 bits per heavy atom. The largest absolute Gasteiger partial charge is 0.455 e. The number of anilines is 2. The van der Waals surface area contributed by atoms with E-state index in [0.29, 0.717) is 25.2 Å². The summed E-state index contributed by atoms with van der Waals surface area (Å²) >= 11 is 0. The van der Waals surface area contributed by atoms with Gasteiger partial charge in [-0.3, -0.25) is 0 Å². The van der Waals surface area contributed by atoms with Crippen LogP contribution in [0.1, 0.15) is 32.6 Å². The van der Waals surface area contributed by atoms with Crippen molar-refractivity contribution in [3.8, 4) is 6.01 Å². The maximum Gasteiger partial charge on any atom is 0.323 e. The average molecular weight is 293 g/mol. The highest BCUT2D eigenvalue weighted by atomic mass is 16.6. The quantitative estimate of drug-likeness (QED) is 0.851. The van der Waals surface area contributed by atoms with Crippen LogP contribution in [-0.4, -0.2) is 53.9 Å². The molecule has 1 N–H and O–H groups in total. The Morgan fingerprint density at radius 1 is 1.19 bits per heavy atom. The number of rotatable bonds is 6. The zero-order valence-corrected chi connectivity index (χ0v) is 12.5. The molecule has 3 rings (SSSR count). The summed E-state index contributed by atoms with van der Waals surface area (Å²) < 4.78 is 10.9. The fourth-order valence-corrected chi connectivity index (χ4v) is 2.38. The van der Waals surface area contributed by atoms with Crippen LogP contribution in [0.5, 0.6) is 6.01 Å². The SMILES string of the molecule is CCCNc1nc(OC2COC2)nc(N2CCCCC2)n1. The first-order valence-corrected chi connectivity index (χ1v) is 7.84. The van der Waals surface area contributed by atoms with Crippen LogP contribution in [0.3, 0.4) is 0 Å². The van der Waals surface area contributed by atoms with E-state index in [2.05, 4.69) is 32.1 Å². The maximum absolute atomic E-state index is 5.75. The van der Waals surface area contributed by atoms with Gasteiger partial charge in [0.2, 0.25) is 11.9 Å². The van der Waals surface area contributed by atoms with Crippen LogP contribution >= 0.6 is 0 Å². The fraction of sp³-hybridized carbons (Fsp3) is 0.786. The van der Waals surface area contributed by atoms with Crippen LogP contribution in [0.15, 0.2) is 0 Å². The predicted octanol–water partition coefficient (Wildman–Crippen LogP) is 1.46. The van der Waals surface area contributed by atoms with Crippen LogP contribution in [0.4, 0.5) is 11.9 Å². The topological polar surface area (TPSA) is 72.4 Å². The lowest BCUT2D eigenvalue weighted by Crippen LogP contribution is -2.39. The van der Waals surface area contributed by atoms with Crippen LogP contribution in [0.25, 0.3) is 0 Å². The number of hydrogen-bond donors (Lipinski definition) is 1. The molecule has 3 heterocycles. The molecule has 1 aromatic heterocycles. The van der Waals surface area contributed by atoms with Crippen molar-refractivity contribution < 1.29 is 9.47 Å². The van der Waals surface area contributed by atoms with Gasteiger partial charge in [-0.05, 0) is 25.7 Å². The molecule has 7 heteroatoms. The van der Waals surface area contributed by atoms with Crippen LogP contribution < -0.4 is 15.0 Å². The standard InChI is InChI=1S/C14H23N5O2/c1-2-6-15-12-16-13(19-7-4-3-5-8-19)18-14(17-12)21-11-9-20-10-11/h11H,2-10H2,1H3,(H,15,16,17,18). The zero-order valence-electron chi connectivity index (χ0n) is 12.5. The number of aromatic nitrogens is 3. The van der Waals surface area contributed by atoms with E-state index < -0.39 is 0 Å². The van der Waals surface area contributed by atoms with E-state index in [1.807, 2.05) is 0 Å². The lowest BCUT2D eigenvalue weighted by atomic mass is 10.1. The number of nitrogens with zero attached hydrogens (tertiary/aromatic N) is 4. The van der Waals surface area contributed by atoms with Crippen molar-refractivity contribution in [3.05, 3.63) is 0 Å². The molecule has 116 valence electrons. The third-order valence-electron chi connectivity index (χ3n) is 3.65. The van der Waals surface area contributed by atoms with E-state index in [-0.39, 0.29) is 6.10 Å². The van der Waals surface area contributed by atoms with Gasteiger partial charge in [0.05, 0.1) is 13.2 Å². The number of nitrogens with one attached hydrogen (secondary N) is 1. The normalized spacial score (nSPS) is 19.2. The molecule has 0 unspecified atom stereocenters. The van der Waals surface area contributed by atoms with Crippen molar-refractivity contribution in [2.24, 2.45) is 0 Å². The molecule has 0 aliphatic carbocycles. The molecule has 0 saturated carbocycles. The van der Waals surface area contributed by atoms with Crippen molar-refractivity contribution >= 4 is 11.9 Å². The Kier molecular flexibility index (Phi) is 4.69. The molecule has 7 nitrogen and oxygen atoms in total. The molecule has 21 heavy (non-hydrogen) atoms. The van der Waals surface area contributed by atoms with Gasteiger partial charge in [-0.1, -0.05) is 6.92 Å². The molecule has 0 radical (unpaired) electrons. The molecule has 0 bridgehead atoms. The summed E-state index contributed by atoms with van der Waals surface area (Å²) in [6.07, 6.45) is 4.76. The summed E-state index contributed by atoms with van der Waals surface area (Å²) in [6, 6.07) is 0.400. The highest BCUT2D eigenvalue weighted by molar-refractivity contribution is 5.38. The molecule has 2 aliphatic rings. The minimum absolute atomic E-state index is 0.0700. The molecule has 1 aromatic rings. The van der Waals surface area contributed by atoms with Gasteiger partial charge < -0.3 is 19.7 Å². The molecule has 2 fully saturated rings. The van der Waals surface area contributed by atoms with E-state index in [1.54, 1.807) is 0 Å². The molecule has 2 saturated heterocycles. The van der Waals surface area contributed by atoms with Gasteiger partial charge in [0, 0.05) is 19.6 Å². The second-order valence-electron chi connectivity index (χ2n) is 5.49. The van der Waals surface area contributed by atoms with Gasteiger partial charge in [-0.2, -0.15) is 15.0 Å². The van der Waals surface area contributed by atoms with Crippen molar-refractivity contribution in [1.82, 2.24) is 15.0 Å². The minimum Gasteiger partial charge on any atom is -0.455 e. The number of hydrogen-bond acceptors (Lipinski definition) is 7. The molecule has 0 amide bonds. The van der Waals surface area contributed by atoms with E-state index in [4.69, 9.17) is 9.47 Å². The summed E-state index contributed by atoms with van der Waals surface area (Å²) in [5, 5.41) is 3.22. The fourth-order valence-electron chi connectivity index (χ4n) is 2.38. The predicted molar refractivity (Wildman–Crippen MR) is 79.9 cm³/mol. The Hall–Kier alpha value is -1.63. The van der Waals surface area contributed by atoms with Crippen LogP contribution in [-0.2, 0) is 4.74 Å². The number of piperidine rings is 1. The molecule has 0 spiro atoms. The Bertz CT molecular complexity index is 461. The molecule has 0 aromatic carbocycles. The Morgan fingerprint density at radius 2 is 2.00 bits per heavy atom. The third-order valence-corrected chi connectivity index (χ3v) is 3.65. The van der Waals surface area contributed by atoms with Crippen LogP contribution in [0, 0.1) is 0 Å². The van der Waals surface area contributed by atoms with Crippen molar-refractivity contribution in [2.75, 3.05) is 43.1 Å². The second kappa shape index (κ2) is 6.89. The molecule has 2 aliphatic heterocycles.